The first-order chi connectivity index (χ1) is 10.3. The molecule has 0 spiro atoms. The third kappa shape index (κ3) is 6.34. The van der Waals surface area contributed by atoms with Gasteiger partial charge < -0.3 is 14.0 Å². The van der Waals surface area contributed by atoms with Crippen LogP contribution in [0.15, 0.2) is 0 Å². The molecule has 0 aromatic heterocycles. The minimum absolute atomic E-state index is 0.448. The lowest BCUT2D eigenvalue weighted by Gasteiger charge is -2.23. The average molecular weight is 363 g/mol. The van der Waals surface area contributed by atoms with Gasteiger partial charge in [-0.2, -0.15) is 8.78 Å². The zero-order valence-corrected chi connectivity index (χ0v) is 13.6. The maximum atomic E-state index is 13.0. The predicted octanol–water partition coefficient (Wildman–Crippen LogP) is 1.38. The van der Waals surface area contributed by atoms with Crippen LogP contribution in [0.4, 0.5) is 13.2 Å². The first kappa shape index (κ1) is 21.6. The van der Waals surface area contributed by atoms with Gasteiger partial charge in [-0.15, -0.1) is 0 Å². The molecule has 0 aromatic rings. The summed E-state index contributed by atoms with van der Waals surface area (Å²) in [5.74, 6) is -1.80. The van der Waals surface area contributed by atoms with Gasteiger partial charge in [-0.1, -0.05) is 6.92 Å². The van der Waals surface area contributed by atoms with E-state index in [1.807, 2.05) is 0 Å². The smallest absolute Gasteiger partial charge is 0.364 e. The highest BCUT2D eigenvalue weighted by molar-refractivity contribution is 7.86. The van der Waals surface area contributed by atoms with Gasteiger partial charge in [-0.05, 0) is 20.3 Å². The number of carbonyl (C=O) groups is 2. The van der Waals surface area contributed by atoms with Crippen LogP contribution in [-0.4, -0.2) is 49.5 Å². The molecule has 1 atom stereocenters. The lowest BCUT2D eigenvalue weighted by Crippen LogP contribution is -2.39. The molecular formula is C12H18F3O7S-. The van der Waals surface area contributed by atoms with Gasteiger partial charge in [0.1, 0.15) is 0 Å². The van der Waals surface area contributed by atoms with Crippen LogP contribution < -0.4 is 0 Å². The summed E-state index contributed by atoms with van der Waals surface area (Å²) >= 11 is 0. The molecule has 0 saturated heterocycles. The molecule has 0 aliphatic rings. The maximum Gasteiger partial charge on any atom is 0.364 e. The molecule has 0 rings (SSSR count). The largest absolute Gasteiger partial charge is 0.743 e. The highest BCUT2D eigenvalue weighted by Crippen LogP contribution is 2.29. The van der Waals surface area contributed by atoms with Gasteiger partial charge in [-0.3, -0.25) is 4.79 Å². The van der Waals surface area contributed by atoms with Crippen LogP contribution in [0, 0.1) is 5.41 Å². The SMILES string of the molecule is CCC(C)(C)C(=O)OCC(=O)OCCC(F)C(F)(F)S(=O)(=O)[O-]. The van der Waals surface area contributed by atoms with Crippen molar-refractivity contribution in [1.82, 2.24) is 0 Å². The fourth-order valence-corrected chi connectivity index (χ4v) is 1.54. The second-order valence-electron chi connectivity index (χ2n) is 5.31. The fourth-order valence-electron chi connectivity index (χ4n) is 1.11. The Morgan fingerprint density at radius 3 is 2.17 bits per heavy atom. The molecule has 0 heterocycles. The van der Waals surface area contributed by atoms with Crippen molar-refractivity contribution < 1.29 is 45.2 Å². The molecular weight excluding hydrogens is 345 g/mol. The number of hydrogen-bond donors (Lipinski definition) is 0. The van der Waals surface area contributed by atoms with Gasteiger partial charge in [0.25, 0.3) is 0 Å². The molecule has 136 valence electrons. The first-order valence-corrected chi connectivity index (χ1v) is 7.96. The number of rotatable bonds is 9. The van der Waals surface area contributed by atoms with Crippen molar-refractivity contribution >= 4 is 22.1 Å². The van der Waals surface area contributed by atoms with Crippen LogP contribution in [0.1, 0.15) is 33.6 Å². The van der Waals surface area contributed by atoms with E-state index in [1.54, 1.807) is 20.8 Å². The zero-order chi connectivity index (χ0) is 18.5. The highest BCUT2D eigenvalue weighted by Gasteiger charge is 2.47. The summed E-state index contributed by atoms with van der Waals surface area (Å²) in [7, 11) is -6.16. The summed E-state index contributed by atoms with van der Waals surface area (Å²) in [5.41, 5.74) is -0.825. The first-order valence-electron chi connectivity index (χ1n) is 6.56. The van der Waals surface area contributed by atoms with Crippen molar-refractivity contribution in [3.63, 3.8) is 0 Å². The number of hydrogen-bond acceptors (Lipinski definition) is 7. The summed E-state index contributed by atoms with van der Waals surface area (Å²) in [5, 5.41) is -5.11. The molecule has 0 bridgehead atoms. The second-order valence-corrected chi connectivity index (χ2v) is 6.76. The van der Waals surface area contributed by atoms with Crippen LogP contribution in [0.3, 0.4) is 0 Å². The van der Waals surface area contributed by atoms with Crippen LogP contribution in [0.5, 0.6) is 0 Å². The molecule has 0 fully saturated rings. The predicted molar refractivity (Wildman–Crippen MR) is 70.1 cm³/mol. The molecule has 0 aliphatic carbocycles. The number of esters is 2. The highest BCUT2D eigenvalue weighted by atomic mass is 32.2. The Hall–Kier alpha value is -1.36. The van der Waals surface area contributed by atoms with Gasteiger partial charge in [0.2, 0.25) is 0 Å². The fraction of sp³-hybridized carbons (Fsp3) is 0.833. The molecule has 0 aliphatic heterocycles. The molecule has 7 nitrogen and oxygen atoms in total. The summed E-state index contributed by atoms with van der Waals surface area (Å²) in [6.07, 6.45) is -4.07. The minimum Gasteiger partial charge on any atom is -0.743 e. The lowest BCUT2D eigenvalue weighted by molar-refractivity contribution is -0.165. The van der Waals surface area contributed by atoms with E-state index < -0.39 is 58.5 Å². The molecule has 0 N–H and O–H groups in total. The normalized spacial score (nSPS) is 14.2. The Morgan fingerprint density at radius 2 is 1.74 bits per heavy atom. The van der Waals surface area contributed by atoms with Crippen LogP contribution >= 0.6 is 0 Å². The number of carbonyl (C=O) groups excluding carboxylic acids is 2. The lowest BCUT2D eigenvalue weighted by atomic mass is 9.91. The topological polar surface area (TPSA) is 110 Å². The van der Waals surface area contributed by atoms with Gasteiger partial charge in [0, 0.05) is 6.42 Å². The van der Waals surface area contributed by atoms with E-state index in [0.717, 1.165) is 0 Å². The molecule has 0 amide bonds. The molecule has 1 unspecified atom stereocenters. The Bertz CT molecular complexity index is 531. The van der Waals surface area contributed by atoms with Gasteiger partial charge in [0.15, 0.2) is 22.9 Å². The van der Waals surface area contributed by atoms with Gasteiger partial charge in [-0.25, -0.2) is 17.6 Å². The second kappa shape index (κ2) is 7.95. The van der Waals surface area contributed by atoms with Crippen molar-refractivity contribution in [2.45, 2.75) is 45.0 Å². The molecule has 0 aromatic carbocycles. The average Bonchev–Trinajstić information content (AvgIpc) is 2.43. The van der Waals surface area contributed by atoms with Crippen molar-refractivity contribution in [3.8, 4) is 0 Å². The third-order valence-electron chi connectivity index (χ3n) is 3.09. The monoisotopic (exact) mass is 363 g/mol. The Morgan fingerprint density at radius 1 is 1.22 bits per heavy atom. The Kier molecular flexibility index (Phi) is 7.48. The van der Waals surface area contributed by atoms with Crippen molar-refractivity contribution in [2.75, 3.05) is 13.2 Å². The van der Waals surface area contributed by atoms with Gasteiger partial charge in [0.05, 0.1) is 12.0 Å². The number of alkyl halides is 3. The molecule has 11 heteroatoms. The third-order valence-corrected chi connectivity index (χ3v) is 4.01. The maximum absolute atomic E-state index is 13.0. The van der Waals surface area contributed by atoms with E-state index in [0.29, 0.717) is 6.42 Å². The van der Waals surface area contributed by atoms with E-state index in [2.05, 4.69) is 9.47 Å². The molecule has 0 saturated carbocycles. The Balaban J connectivity index is 4.26. The summed E-state index contributed by atoms with van der Waals surface area (Å²) in [6, 6.07) is 0. The summed E-state index contributed by atoms with van der Waals surface area (Å²) in [6.45, 7) is 3.19. The number of ether oxygens (including phenoxy) is 2. The summed E-state index contributed by atoms with van der Waals surface area (Å²) < 4.78 is 78.1. The number of halogens is 3. The zero-order valence-electron chi connectivity index (χ0n) is 12.8. The van der Waals surface area contributed by atoms with Crippen LogP contribution in [-0.2, 0) is 29.2 Å². The molecule has 0 radical (unpaired) electrons. The molecule has 23 heavy (non-hydrogen) atoms. The van der Waals surface area contributed by atoms with Gasteiger partial charge >= 0.3 is 17.2 Å². The van der Waals surface area contributed by atoms with Crippen LogP contribution in [0.2, 0.25) is 0 Å². The van der Waals surface area contributed by atoms with E-state index in [9.17, 15) is 35.7 Å². The summed E-state index contributed by atoms with van der Waals surface area (Å²) in [4.78, 5) is 22.7. The van der Waals surface area contributed by atoms with E-state index in [-0.39, 0.29) is 0 Å². The van der Waals surface area contributed by atoms with E-state index in [1.165, 1.54) is 0 Å². The Labute approximate surface area is 131 Å². The van der Waals surface area contributed by atoms with Crippen molar-refractivity contribution in [3.05, 3.63) is 0 Å². The standard InChI is InChI=1S/C12H19F3O7S/c1-4-11(2,3)10(17)22-7-9(16)21-6-5-8(13)12(14,15)23(18,19)20/h8H,4-7H2,1-3H3,(H,18,19,20)/p-1. The minimum atomic E-state index is -6.16. The van der Waals surface area contributed by atoms with Crippen LogP contribution in [0.25, 0.3) is 0 Å². The van der Waals surface area contributed by atoms with E-state index >= 15 is 0 Å². The van der Waals surface area contributed by atoms with Crippen molar-refractivity contribution in [1.29, 1.82) is 0 Å². The van der Waals surface area contributed by atoms with Crippen molar-refractivity contribution in [2.24, 2.45) is 5.41 Å². The quantitative estimate of drug-likeness (QED) is 0.449. The van der Waals surface area contributed by atoms with E-state index in [4.69, 9.17) is 0 Å².